The number of rotatable bonds is 12. The lowest BCUT2D eigenvalue weighted by atomic mass is 9.92. The number of carboxylic acid groups (broad SMARTS) is 2. The van der Waals surface area contributed by atoms with Crippen LogP contribution in [0.15, 0.2) is 109 Å². The summed E-state index contributed by atoms with van der Waals surface area (Å²) in [6, 6.07) is 31.6. The first kappa shape index (κ1) is 43.3. The molecule has 1 aliphatic rings. The highest BCUT2D eigenvalue weighted by molar-refractivity contribution is 6.34. The van der Waals surface area contributed by atoms with Crippen LogP contribution in [0.3, 0.4) is 0 Å². The molecule has 0 bridgehead atoms. The standard InChI is InChI=1S/C24H25Cl2N3O.C20H18O8/c1-28-9-11-29(12-10-28)23(22-8-4-6-18-5-2-3-7-21(18)22)24(30)27-16-17-13-19(25)15-20(26)14-17;1-11-3-7-13(8-4-11)27-19(25)15(17(21)22)16(18(23)24)20(26)28-14-9-5-12(2)6-10-14/h2-8,13-15,23H,9-12,16H2,1H3,(H,27,30);3-10,15-16H,1-2H3,(H,21,22)(H,23,24). The molecule has 5 aromatic carbocycles. The van der Waals surface area contributed by atoms with Crippen molar-refractivity contribution in [3.05, 3.63) is 141 Å². The number of esters is 2. The van der Waals surface area contributed by atoms with Crippen molar-refractivity contribution in [2.75, 3.05) is 33.2 Å². The fourth-order valence-corrected chi connectivity index (χ4v) is 6.97. The molecule has 58 heavy (non-hydrogen) atoms. The smallest absolute Gasteiger partial charge is 0.327 e. The molecule has 0 saturated carbocycles. The van der Waals surface area contributed by atoms with Crippen LogP contribution in [0, 0.1) is 25.7 Å². The predicted molar refractivity (Wildman–Crippen MR) is 220 cm³/mol. The van der Waals surface area contributed by atoms with Gasteiger partial charge in [0.05, 0.1) is 0 Å². The molecule has 1 amide bonds. The summed E-state index contributed by atoms with van der Waals surface area (Å²) < 4.78 is 9.90. The molecule has 3 unspecified atom stereocenters. The molecule has 12 nitrogen and oxygen atoms in total. The van der Waals surface area contributed by atoms with Gasteiger partial charge in [-0.25, -0.2) is 0 Å². The number of likely N-dealkylation sites (N-methyl/N-ethyl adjacent to an activating group) is 1. The Hall–Kier alpha value is -5.79. The van der Waals surface area contributed by atoms with Gasteiger partial charge in [0.25, 0.3) is 0 Å². The van der Waals surface area contributed by atoms with E-state index in [-0.39, 0.29) is 23.4 Å². The van der Waals surface area contributed by atoms with Gasteiger partial charge in [-0.1, -0.05) is 101 Å². The van der Waals surface area contributed by atoms with Crippen LogP contribution in [-0.2, 0) is 30.5 Å². The van der Waals surface area contributed by atoms with E-state index in [0.29, 0.717) is 16.6 Å². The Balaban J connectivity index is 0.000000222. The SMILES string of the molecule is CN1CCN(C(C(=O)NCc2cc(Cl)cc(Cl)c2)c2cccc3ccccc23)CC1.Cc1ccc(OC(=O)C(C(=O)O)C(C(=O)O)C(=O)Oc2ccc(C)cc2)cc1. The van der Waals surface area contributed by atoms with E-state index in [9.17, 15) is 34.2 Å². The van der Waals surface area contributed by atoms with Crippen LogP contribution in [0.2, 0.25) is 10.0 Å². The van der Waals surface area contributed by atoms with Gasteiger partial charge in [-0.2, -0.15) is 0 Å². The Bertz CT molecular complexity index is 2160. The summed E-state index contributed by atoms with van der Waals surface area (Å²) >= 11 is 12.2. The number of hydrogen-bond donors (Lipinski definition) is 3. The molecule has 0 aliphatic carbocycles. The first-order chi connectivity index (χ1) is 27.7. The van der Waals surface area contributed by atoms with E-state index in [2.05, 4.69) is 46.4 Å². The molecule has 302 valence electrons. The number of carboxylic acids is 2. The Morgan fingerprint density at radius 1 is 0.672 bits per heavy atom. The molecule has 1 fully saturated rings. The third kappa shape index (κ3) is 11.6. The second-order valence-electron chi connectivity index (χ2n) is 13.9. The summed E-state index contributed by atoms with van der Waals surface area (Å²) in [6.45, 7) is 7.56. The zero-order valence-corrected chi connectivity index (χ0v) is 33.6. The summed E-state index contributed by atoms with van der Waals surface area (Å²) in [4.78, 5) is 65.8. The molecule has 3 atom stereocenters. The second-order valence-corrected chi connectivity index (χ2v) is 14.8. The van der Waals surface area contributed by atoms with Gasteiger partial charge in [0.2, 0.25) is 5.91 Å². The van der Waals surface area contributed by atoms with Gasteiger partial charge in [0.15, 0.2) is 11.8 Å². The number of ether oxygens (including phenoxy) is 2. The largest absolute Gasteiger partial charge is 0.481 e. The number of carbonyl (C=O) groups excluding carboxylic acids is 3. The van der Waals surface area contributed by atoms with Crippen LogP contribution in [0.5, 0.6) is 11.5 Å². The van der Waals surface area contributed by atoms with Crippen molar-refractivity contribution in [2.45, 2.75) is 26.4 Å². The van der Waals surface area contributed by atoms with Gasteiger partial charge in [0.1, 0.15) is 17.5 Å². The molecule has 0 aromatic heterocycles. The van der Waals surface area contributed by atoms with Crippen molar-refractivity contribution in [3.8, 4) is 11.5 Å². The van der Waals surface area contributed by atoms with Crippen LogP contribution < -0.4 is 14.8 Å². The van der Waals surface area contributed by atoms with Crippen molar-refractivity contribution in [3.63, 3.8) is 0 Å². The van der Waals surface area contributed by atoms with E-state index >= 15 is 0 Å². The highest BCUT2D eigenvalue weighted by Gasteiger charge is 2.47. The van der Waals surface area contributed by atoms with E-state index in [1.165, 1.54) is 24.3 Å². The number of carbonyl (C=O) groups is 5. The van der Waals surface area contributed by atoms with E-state index < -0.39 is 35.7 Å². The number of piperazine rings is 1. The number of nitrogens with zero attached hydrogens (tertiary/aromatic N) is 2. The lowest BCUT2D eigenvalue weighted by molar-refractivity contribution is -0.169. The second kappa shape index (κ2) is 20.1. The molecular weight excluding hydrogens is 785 g/mol. The zero-order valence-electron chi connectivity index (χ0n) is 32.1. The molecule has 0 radical (unpaired) electrons. The number of amides is 1. The Kier molecular flexibility index (Phi) is 15.0. The van der Waals surface area contributed by atoms with E-state index in [1.807, 2.05) is 30.3 Å². The summed E-state index contributed by atoms with van der Waals surface area (Å²) in [5.41, 5.74) is 3.68. The number of aryl methyl sites for hydroxylation is 2. The number of halogens is 2. The van der Waals surface area contributed by atoms with Gasteiger partial charge in [-0.15, -0.1) is 0 Å². The molecule has 3 N–H and O–H groups in total. The van der Waals surface area contributed by atoms with Gasteiger partial charge in [-0.3, -0.25) is 28.9 Å². The monoisotopic (exact) mass is 827 g/mol. The van der Waals surface area contributed by atoms with Crippen LogP contribution in [0.1, 0.15) is 28.3 Å². The van der Waals surface area contributed by atoms with Gasteiger partial charge < -0.3 is 29.9 Å². The molecule has 5 aromatic rings. The van der Waals surface area contributed by atoms with Crippen molar-refractivity contribution < 1.29 is 43.7 Å². The molecule has 0 spiro atoms. The summed E-state index contributed by atoms with van der Waals surface area (Å²) in [5, 5.41) is 25.2. The topological polar surface area (TPSA) is 163 Å². The van der Waals surface area contributed by atoms with Gasteiger partial charge in [0, 0.05) is 42.8 Å². The fraction of sp³-hybridized carbons (Fsp3) is 0.250. The number of hydrogen-bond acceptors (Lipinski definition) is 9. The van der Waals surface area contributed by atoms with Crippen LogP contribution >= 0.6 is 23.2 Å². The minimum atomic E-state index is -2.28. The Labute approximate surface area is 345 Å². The van der Waals surface area contributed by atoms with Crippen LogP contribution in [-0.4, -0.2) is 83.0 Å². The maximum absolute atomic E-state index is 13.5. The molecule has 6 rings (SSSR count). The third-order valence-electron chi connectivity index (χ3n) is 9.51. The van der Waals surface area contributed by atoms with Gasteiger partial charge in [-0.05, 0) is 85.3 Å². The average Bonchev–Trinajstić information content (AvgIpc) is 3.18. The summed E-state index contributed by atoms with van der Waals surface area (Å²) in [7, 11) is 2.12. The van der Waals surface area contributed by atoms with Crippen molar-refractivity contribution in [1.29, 1.82) is 0 Å². The van der Waals surface area contributed by atoms with E-state index in [4.69, 9.17) is 32.7 Å². The number of aliphatic carboxylic acids is 2. The zero-order chi connectivity index (χ0) is 41.9. The minimum absolute atomic E-state index is 0.00740. The van der Waals surface area contributed by atoms with Gasteiger partial charge >= 0.3 is 23.9 Å². The van der Waals surface area contributed by atoms with E-state index in [1.54, 1.807) is 44.2 Å². The molecule has 14 heteroatoms. The van der Waals surface area contributed by atoms with Crippen LogP contribution in [0.4, 0.5) is 0 Å². The van der Waals surface area contributed by atoms with E-state index in [0.717, 1.165) is 59.2 Å². The predicted octanol–water partition coefficient (Wildman–Crippen LogP) is 6.97. The van der Waals surface area contributed by atoms with Crippen molar-refractivity contribution in [1.82, 2.24) is 15.1 Å². The number of benzene rings is 5. The maximum Gasteiger partial charge on any atom is 0.327 e. The molecule has 1 saturated heterocycles. The molecule has 1 heterocycles. The average molecular weight is 829 g/mol. The lowest BCUT2D eigenvalue weighted by Crippen LogP contribution is -2.49. The number of fused-ring (bicyclic) bond motifs is 1. The number of nitrogens with one attached hydrogen (secondary N) is 1. The quantitative estimate of drug-likeness (QED) is 0.0677. The maximum atomic E-state index is 13.5. The fourth-order valence-electron chi connectivity index (χ4n) is 6.40. The van der Waals surface area contributed by atoms with Crippen molar-refractivity contribution in [2.24, 2.45) is 11.8 Å². The highest BCUT2D eigenvalue weighted by atomic mass is 35.5. The summed E-state index contributed by atoms with van der Waals surface area (Å²) in [6.07, 6.45) is 0. The first-order valence-electron chi connectivity index (χ1n) is 18.4. The molecule has 1 aliphatic heterocycles. The normalized spacial score (nSPS) is 14.6. The lowest BCUT2D eigenvalue weighted by Gasteiger charge is -2.37. The first-order valence-corrected chi connectivity index (χ1v) is 19.1. The van der Waals surface area contributed by atoms with Crippen LogP contribution in [0.25, 0.3) is 10.8 Å². The molecular formula is C44H43Cl2N3O9. The Morgan fingerprint density at radius 3 is 1.66 bits per heavy atom. The Morgan fingerprint density at radius 2 is 1.16 bits per heavy atom. The summed E-state index contributed by atoms with van der Waals surface area (Å²) in [5.74, 6) is -10.9. The third-order valence-corrected chi connectivity index (χ3v) is 9.95. The minimum Gasteiger partial charge on any atom is -0.481 e. The highest BCUT2D eigenvalue weighted by Crippen LogP contribution is 2.30. The van der Waals surface area contributed by atoms with Crippen molar-refractivity contribution >= 4 is 63.8 Å².